The number of rotatable bonds is 4. The fourth-order valence-electron chi connectivity index (χ4n) is 2.35. The number of benzene rings is 1. The van der Waals surface area contributed by atoms with Gasteiger partial charge in [-0.15, -0.1) is 0 Å². The second-order valence-corrected chi connectivity index (χ2v) is 4.96. The van der Waals surface area contributed by atoms with Crippen LogP contribution in [0.2, 0.25) is 0 Å². The number of amides is 1. The zero-order chi connectivity index (χ0) is 13.0. The molecule has 4 N–H and O–H groups in total. The molecule has 0 bridgehead atoms. The minimum absolute atomic E-state index is 0.0482. The molecular weight excluding hydrogens is 228 g/mol. The van der Waals surface area contributed by atoms with Crippen molar-refractivity contribution in [1.82, 2.24) is 5.32 Å². The van der Waals surface area contributed by atoms with Crippen LogP contribution in [0, 0.1) is 5.92 Å². The number of nitrogens with two attached hydrogens (primary N) is 1. The lowest BCUT2D eigenvalue weighted by Crippen LogP contribution is -2.29. The third kappa shape index (κ3) is 3.31. The second-order valence-electron chi connectivity index (χ2n) is 4.96. The van der Waals surface area contributed by atoms with Gasteiger partial charge in [0.05, 0.1) is 6.61 Å². The van der Waals surface area contributed by atoms with E-state index >= 15 is 0 Å². The first-order chi connectivity index (χ1) is 8.69. The minimum atomic E-state index is 0.0482. The topological polar surface area (TPSA) is 75.4 Å². The SMILES string of the molecule is NC1CCC(C(=O)NCc2ccc(CO)cc2)C1. The molecule has 1 saturated carbocycles. The molecule has 1 amide bonds. The molecule has 0 radical (unpaired) electrons. The first-order valence-corrected chi connectivity index (χ1v) is 6.41. The van der Waals surface area contributed by atoms with Crippen LogP contribution in [0.5, 0.6) is 0 Å². The maximum atomic E-state index is 11.9. The summed E-state index contributed by atoms with van der Waals surface area (Å²) >= 11 is 0. The Hall–Kier alpha value is -1.39. The van der Waals surface area contributed by atoms with E-state index < -0.39 is 0 Å². The molecule has 2 atom stereocenters. The first kappa shape index (κ1) is 13.1. The van der Waals surface area contributed by atoms with E-state index in [0.717, 1.165) is 30.4 Å². The lowest BCUT2D eigenvalue weighted by Gasteiger charge is -2.11. The van der Waals surface area contributed by atoms with Crippen molar-refractivity contribution in [3.63, 3.8) is 0 Å². The normalized spacial score (nSPS) is 23.0. The lowest BCUT2D eigenvalue weighted by molar-refractivity contribution is -0.125. The smallest absolute Gasteiger partial charge is 0.223 e. The van der Waals surface area contributed by atoms with Crippen LogP contribution in [0.3, 0.4) is 0 Å². The summed E-state index contributed by atoms with van der Waals surface area (Å²) in [6.07, 6.45) is 2.65. The average molecular weight is 248 g/mol. The van der Waals surface area contributed by atoms with Gasteiger partial charge in [0, 0.05) is 18.5 Å². The summed E-state index contributed by atoms with van der Waals surface area (Å²) in [5.41, 5.74) is 7.72. The molecule has 1 aliphatic rings. The summed E-state index contributed by atoms with van der Waals surface area (Å²) in [5, 5.41) is 11.9. The highest BCUT2D eigenvalue weighted by molar-refractivity contribution is 5.79. The lowest BCUT2D eigenvalue weighted by atomic mass is 10.1. The van der Waals surface area contributed by atoms with Gasteiger partial charge in [0.1, 0.15) is 0 Å². The van der Waals surface area contributed by atoms with Crippen molar-refractivity contribution in [3.05, 3.63) is 35.4 Å². The van der Waals surface area contributed by atoms with Gasteiger partial charge >= 0.3 is 0 Å². The Balaban J connectivity index is 1.81. The molecule has 1 aromatic rings. The van der Waals surface area contributed by atoms with Crippen molar-refractivity contribution < 1.29 is 9.90 Å². The zero-order valence-electron chi connectivity index (χ0n) is 10.4. The van der Waals surface area contributed by atoms with Crippen molar-refractivity contribution in [2.24, 2.45) is 11.7 Å². The van der Waals surface area contributed by atoms with E-state index in [-0.39, 0.29) is 24.5 Å². The van der Waals surface area contributed by atoms with E-state index in [1.165, 1.54) is 0 Å². The highest BCUT2D eigenvalue weighted by Gasteiger charge is 2.27. The molecule has 4 heteroatoms. The van der Waals surface area contributed by atoms with E-state index in [4.69, 9.17) is 10.8 Å². The summed E-state index contributed by atoms with van der Waals surface area (Å²) < 4.78 is 0. The fraction of sp³-hybridized carbons (Fsp3) is 0.500. The predicted molar refractivity (Wildman–Crippen MR) is 69.5 cm³/mol. The number of hydrogen-bond donors (Lipinski definition) is 3. The van der Waals surface area contributed by atoms with Crippen LogP contribution < -0.4 is 11.1 Å². The molecule has 18 heavy (non-hydrogen) atoms. The Morgan fingerprint density at radius 2 is 1.94 bits per heavy atom. The molecule has 1 aromatic carbocycles. The van der Waals surface area contributed by atoms with E-state index in [2.05, 4.69) is 5.32 Å². The molecule has 2 unspecified atom stereocenters. The molecule has 0 aliphatic heterocycles. The predicted octanol–water partition coefficient (Wildman–Crippen LogP) is 0.922. The Labute approximate surface area is 107 Å². The maximum Gasteiger partial charge on any atom is 0.223 e. The van der Waals surface area contributed by atoms with Crippen LogP contribution in [0.4, 0.5) is 0 Å². The van der Waals surface area contributed by atoms with E-state index in [1.807, 2.05) is 24.3 Å². The van der Waals surface area contributed by atoms with Gasteiger partial charge in [-0.25, -0.2) is 0 Å². The molecule has 1 aliphatic carbocycles. The first-order valence-electron chi connectivity index (χ1n) is 6.41. The van der Waals surface area contributed by atoms with Gasteiger partial charge in [-0.3, -0.25) is 4.79 Å². The molecule has 0 spiro atoms. The van der Waals surface area contributed by atoms with E-state index in [9.17, 15) is 4.79 Å². The third-order valence-electron chi connectivity index (χ3n) is 3.52. The summed E-state index contributed by atoms with van der Waals surface area (Å²) in [6, 6.07) is 7.77. The van der Waals surface area contributed by atoms with Crippen molar-refractivity contribution in [3.8, 4) is 0 Å². The van der Waals surface area contributed by atoms with Gasteiger partial charge in [0.15, 0.2) is 0 Å². The van der Waals surface area contributed by atoms with Gasteiger partial charge in [0.25, 0.3) is 0 Å². The molecule has 0 aromatic heterocycles. The highest BCUT2D eigenvalue weighted by Crippen LogP contribution is 2.24. The Morgan fingerprint density at radius 3 is 2.50 bits per heavy atom. The molecule has 98 valence electrons. The van der Waals surface area contributed by atoms with Gasteiger partial charge < -0.3 is 16.2 Å². The van der Waals surface area contributed by atoms with Gasteiger partial charge in [-0.1, -0.05) is 24.3 Å². The summed E-state index contributed by atoms with van der Waals surface area (Å²) in [6.45, 7) is 0.586. The second kappa shape index (κ2) is 5.98. The van der Waals surface area contributed by atoms with Crippen LogP contribution in [-0.2, 0) is 17.9 Å². The van der Waals surface area contributed by atoms with Crippen molar-refractivity contribution >= 4 is 5.91 Å². The quantitative estimate of drug-likeness (QED) is 0.741. The van der Waals surface area contributed by atoms with Gasteiger partial charge in [0.2, 0.25) is 5.91 Å². The summed E-state index contributed by atoms with van der Waals surface area (Å²) in [7, 11) is 0. The number of hydrogen-bond acceptors (Lipinski definition) is 3. The average Bonchev–Trinajstić information content (AvgIpc) is 2.83. The Kier molecular flexibility index (Phi) is 4.33. The van der Waals surface area contributed by atoms with Crippen molar-refractivity contribution in [2.75, 3.05) is 0 Å². The van der Waals surface area contributed by atoms with Crippen LogP contribution in [0.1, 0.15) is 30.4 Å². The summed E-state index contributed by atoms with van der Waals surface area (Å²) in [4.78, 5) is 11.9. The van der Waals surface area contributed by atoms with Crippen molar-refractivity contribution in [1.29, 1.82) is 0 Å². The van der Waals surface area contributed by atoms with Crippen LogP contribution in [-0.4, -0.2) is 17.1 Å². The molecule has 0 heterocycles. The van der Waals surface area contributed by atoms with Gasteiger partial charge in [-0.05, 0) is 30.4 Å². The van der Waals surface area contributed by atoms with E-state index in [0.29, 0.717) is 6.54 Å². The largest absolute Gasteiger partial charge is 0.392 e. The third-order valence-corrected chi connectivity index (χ3v) is 3.52. The van der Waals surface area contributed by atoms with Crippen LogP contribution >= 0.6 is 0 Å². The number of nitrogens with one attached hydrogen (secondary N) is 1. The standard InChI is InChI=1S/C14H20N2O2/c15-13-6-5-12(7-13)14(18)16-8-10-1-3-11(9-17)4-2-10/h1-4,12-13,17H,5-9,15H2,(H,16,18). The number of aliphatic hydroxyl groups is 1. The molecule has 0 saturated heterocycles. The number of carbonyl (C=O) groups excluding carboxylic acids is 1. The monoisotopic (exact) mass is 248 g/mol. The van der Waals surface area contributed by atoms with Crippen LogP contribution in [0.25, 0.3) is 0 Å². The van der Waals surface area contributed by atoms with Gasteiger partial charge in [-0.2, -0.15) is 0 Å². The van der Waals surface area contributed by atoms with E-state index in [1.54, 1.807) is 0 Å². The van der Waals surface area contributed by atoms with Crippen molar-refractivity contribution in [2.45, 2.75) is 38.5 Å². The molecule has 1 fully saturated rings. The zero-order valence-corrected chi connectivity index (χ0v) is 10.4. The molecule has 4 nitrogen and oxygen atoms in total. The Morgan fingerprint density at radius 1 is 1.28 bits per heavy atom. The number of carbonyl (C=O) groups is 1. The highest BCUT2D eigenvalue weighted by atomic mass is 16.3. The summed E-state index contributed by atoms with van der Waals surface area (Å²) in [5.74, 6) is 0.186. The van der Waals surface area contributed by atoms with Crippen LogP contribution in [0.15, 0.2) is 24.3 Å². The fourth-order valence-corrected chi connectivity index (χ4v) is 2.35. The Bertz CT molecular complexity index is 403. The number of aliphatic hydroxyl groups excluding tert-OH is 1. The molecule has 2 rings (SSSR count). The minimum Gasteiger partial charge on any atom is -0.392 e. The molecular formula is C14H20N2O2. The maximum absolute atomic E-state index is 11.9.